The van der Waals surface area contributed by atoms with Gasteiger partial charge in [-0.05, 0) is 31.7 Å². The molecule has 2 N–H and O–H groups in total. The molecule has 15 heavy (non-hydrogen) atoms. The summed E-state index contributed by atoms with van der Waals surface area (Å²) in [7, 11) is 0. The topological polar surface area (TPSA) is 49.3 Å². The second-order valence-electron chi connectivity index (χ2n) is 4.96. The first-order valence-electron chi connectivity index (χ1n) is 6.25. The van der Waals surface area contributed by atoms with Gasteiger partial charge in [-0.1, -0.05) is 25.7 Å². The number of carbonyl (C=O) groups is 1. The van der Waals surface area contributed by atoms with Crippen molar-refractivity contribution in [1.29, 1.82) is 0 Å². The third-order valence-electron chi connectivity index (χ3n) is 3.99. The highest BCUT2D eigenvalue weighted by Gasteiger charge is 2.37. The van der Waals surface area contributed by atoms with Gasteiger partial charge in [0.2, 0.25) is 0 Å². The molecule has 2 aliphatic rings. The molecule has 86 valence electrons. The highest BCUT2D eigenvalue weighted by atomic mass is 16.4. The number of hydrogen-bond donors (Lipinski definition) is 2. The first-order chi connectivity index (χ1) is 7.29. The monoisotopic (exact) mass is 211 g/mol. The van der Waals surface area contributed by atoms with Crippen LogP contribution in [0.3, 0.4) is 0 Å². The quantitative estimate of drug-likeness (QED) is 0.687. The maximum Gasteiger partial charge on any atom is 0.308 e. The van der Waals surface area contributed by atoms with Gasteiger partial charge >= 0.3 is 5.97 Å². The standard InChI is InChI=1S/C12H21NO2/c14-12(15)10-7-8-13-11(10)9-5-3-1-2-4-6-9/h9-11,13H,1-8H2,(H,14,15). The van der Waals surface area contributed by atoms with E-state index in [1.165, 1.54) is 38.5 Å². The van der Waals surface area contributed by atoms with E-state index in [0.29, 0.717) is 5.92 Å². The molecular weight excluding hydrogens is 190 g/mol. The lowest BCUT2D eigenvalue weighted by Gasteiger charge is -2.25. The van der Waals surface area contributed by atoms with Crippen LogP contribution >= 0.6 is 0 Å². The number of carboxylic acids is 1. The van der Waals surface area contributed by atoms with Crippen molar-refractivity contribution in [2.24, 2.45) is 11.8 Å². The van der Waals surface area contributed by atoms with E-state index in [-0.39, 0.29) is 12.0 Å². The molecule has 1 saturated heterocycles. The van der Waals surface area contributed by atoms with Gasteiger partial charge in [0.15, 0.2) is 0 Å². The summed E-state index contributed by atoms with van der Waals surface area (Å²) >= 11 is 0. The molecule has 1 heterocycles. The molecule has 0 spiro atoms. The molecule has 2 atom stereocenters. The summed E-state index contributed by atoms with van der Waals surface area (Å²) in [6.07, 6.45) is 8.51. The summed E-state index contributed by atoms with van der Waals surface area (Å²) < 4.78 is 0. The first kappa shape index (κ1) is 10.9. The van der Waals surface area contributed by atoms with Crippen molar-refractivity contribution in [1.82, 2.24) is 5.32 Å². The van der Waals surface area contributed by atoms with E-state index in [4.69, 9.17) is 5.11 Å². The van der Waals surface area contributed by atoms with Crippen LogP contribution in [0.25, 0.3) is 0 Å². The van der Waals surface area contributed by atoms with Crippen LogP contribution in [-0.4, -0.2) is 23.7 Å². The Hall–Kier alpha value is -0.570. The van der Waals surface area contributed by atoms with Gasteiger partial charge in [-0.25, -0.2) is 0 Å². The minimum atomic E-state index is -0.603. The number of rotatable bonds is 2. The lowest BCUT2D eigenvalue weighted by Crippen LogP contribution is -2.38. The summed E-state index contributed by atoms with van der Waals surface area (Å²) in [6, 6.07) is 0.251. The molecule has 3 nitrogen and oxygen atoms in total. The van der Waals surface area contributed by atoms with E-state index >= 15 is 0 Å². The van der Waals surface area contributed by atoms with Crippen molar-refractivity contribution in [2.45, 2.75) is 51.0 Å². The fourth-order valence-corrected chi connectivity index (χ4v) is 3.17. The Morgan fingerprint density at radius 1 is 1.07 bits per heavy atom. The van der Waals surface area contributed by atoms with Gasteiger partial charge in [-0.2, -0.15) is 0 Å². The third kappa shape index (κ3) is 2.51. The van der Waals surface area contributed by atoms with Crippen LogP contribution in [0.2, 0.25) is 0 Å². The Labute approximate surface area is 91.2 Å². The number of nitrogens with one attached hydrogen (secondary N) is 1. The highest BCUT2D eigenvalue weighted by molar-refractivity contribution is 5.71. The van der Waals surface area contributed by atoms with Gasteiger partial charge in [0.1, 0.15) is 0 Å². The normalized spacial score (nSPS) is 33.9. The van der Waals surface area contributed by atoms with Crippen LogP contribution in [0.5, 0.6) is 0 Å². The molecule has 0 bridgehead atoms. The zero-order chi connectivity index (χ0) is 10.7. The summed E-state index contributed by atoms with van der Waals surface area (Å²) in [5.74, 6) is -0.126. The lowest BCUT2D eigenvalue weighted by molar-refractivity contribution is -0.142. The van der Waals surface area contributed by atoms with Crippen molar-refractivity contribution in [3.63, 3.8) is 0 Å². The Kier molecular flexibility index (Phi) is 3.62. The van der Waals surface area contributed by atoms with Crippen molar-refractivity contribution in [2.75, 3.05) is 6.54 Å². The number of hydrogen-bond acceptors (Lipinski definition) is 2. The zero-order valence-corrected chi connectivity index (χ0v) is 9.24. The second kappa shape index (κ2) is 4.97. The van der Waals surface area contributed by atoms with E-state index in [1.807, 2.05) is 0 Å². The minimum absolute atomic E-state index is 0.131. The fourth-order valence-electron chi connectivity index (χ4n) is 3.17. The van der Waals surface area contributed by atoms with Crippen molar-refractivity contribution in [3.05, 3.63) is 0 Å². The fraction of sp³-hybridized carbons (Fsp3) is 0.917. The second-order valence-corrected chi connectivity index (χ2v) is 4.96. The number of carboxylic acid groups (broad SMARTS) is 1. The van der Waals surface area contributed by atoms with Crippen LogP contribution in [-0.2, 0) is 4.79 Å². The molecule has 1 saturated carbocycles. The molecule has 1 aliphatic carbocycles. The van der Waals surface area contributed by atoms with Gasteiger partial charge in [-0.3, -0.25) is 4.79 Å². The van der Waals surface area contributed by atoms with E-state index in [9.17, 15) is 4.79 Å². The zero-order valence-electron chi connectivity index (χ0n) is 9.24. The molecule has 0 radical (unpaired) electrons. The molecule has 2 rings (SSSR count). The van der Waals surface area contributed by atoms with E-state index in [1.54, 1.807) is 0 Å². The predicted molar refractivity (Wildman–Crippen MR) is 58.7 cm³/mol. The molecule has 0 aromatic rings. The van der Waals surface area contributed by atoms with Gasteiger partial charge < -0.3 is 10.4 Å². The van der Waals surface area contributed by atoms with Crippen LogP contribution < -0.4 is 5.32 Å². The van der Waals surface area contributed by atoms with Gasteiger partial charge in [0, 0.05) is 6.04 Å². The van der Waals surface area contributed by atoms with Crippen LogP contribution in [0.4, 0.5) is 0 Å². The van der Waals surface area contributed by atoms with Gasteiger partial charge in [0.05, 0.1) is 5.92 Å². The van der Waals surface area contributed by atoms with Crippen molar-refractivity contribution >= 4 is 5.97 Å². The van der Waals surface area contributed by atoms with E-state index < -0.39 is 5.97 Å². The lowest BCUT2D eigenvalue weighted by atomic mass is 9.85. The smallest absolute Gasteiger partial charge is 0.308 e. The van der Waals surface area contributed by atoms with Crippen molar-refractivity contribution < 1.29 is 9.90 Å². The highest BCUT2D eigenvalue weighted by Crippen LogP contribution is 2.32. The van der Waals surface area contributed by atoms with Crippen LogP contribution in [0, 0.1) is 11.8 Å². The number of aliphatic carboxylic acids is 1. The molecule has 0 aromatic heterocycles. The SMILES string of the molecule is O=C(O)C1CCNC1C1CCCCCC1. The molecule has 2 fully saturated rings. The molecule has 1 aliphatic heterocycles. The Morgan fingerprint density at radius 3 is 2.33 bits per heavy atom. The van der Waals surface area contributed by atoms with Crippen LogP contribution in [0.1, 0.15) is 44.9 Å². The molecule has 3 heteroatoms. The Morgan fingerprint density at radius 2 is 1.73 bits per heavy atom. The maximum absolute atomic E-state index is 11.1. The Bertz CT molecular complexity index is 222. The molecule has 0 aromatic carbocycles. The van der Waals surface area contributed by atoms with E-state index in [2.05, 4.69) is 5.32 Å². The molecule has 0 amide bonds. The summed E-state index contributed by atoms with van der Waals surface area (Å²) in [5, 5.41) is 12.5. The van der Waals surface area contributed by atoms with Gasteiger partial charge in [-0.15, -0.1) is 0 Å². The Balaban J connectivity index is 1.97. The minimum Gasteiger partial charge on any atom is -0.481 e. The van der Waals surface area contributed by atoms with Gasteiger partial charge in [0.25, 0.3) is 0 Å². The maximum atomic E-state index is 11.1. The first-order valence-corrected chi connectivity index (χ1v) is 6.25. The summed E-state index contributed by atoms with van der Waals surface area (Å²) in [5.41, 5.74) is 0. The average Bonchev–Trinajstić information content (AvgIpc) is 2.55. The largest absolute Gasteiger partial charge is 0.481 e. The summed E-state index contributed by atoms with van der Waals surface area (Å²) in [6.45, 7) is 0.887. The third-order valence-corrected chi connectivity index (χ3v) is 3.99. The van der Waals surface area contributed by atoms with Crippen LogP contribution in [0.15, 0.2) is 0 Å². The van der Waals surface area contributed by atoms with E-state index in [0.717, 1.165) is 13.0 Å². The molecule has 2 unspecified atom stereocenters. The van der Waals surface area contributed by atoms with Crippen molar-refractivity contribution in [3.8, 4) is 0 Å². The average molecular weight is 211 g/mol. The molecular formula is C12H21NO2. The summed E-state index contributed by atoms with van der Waals surface area (Å²) in [4.78, 5) is 11.1. The predicted octanol–water partition coefficient (Wildman–Crippen LogP) is 2.02.